The second-order valence-corrected chi connectivity index (χ2v) is 7.80. The first-order chi connectivity index (χ1) is 11.7. The van der Waals surface area contributed by atoms with Gasteiger partial charge in [0.2, 0.25) is 0 Å². The molecule has 0 aromatic carbocycles. The van der Waals surface area contributed by atoms with Crippen molar-refractivity contribution in [2.24, 2.45) is 5.92 Å². The molecular weight excluding hydrogens is 304 g/mol. The molecule has 1 nitrogen and oxygen atoms in total. The van der Waals surface area contributed by atoms with Gasteiger partial charge < -0.3 is 0 Å². The third-order valence-electron chi connectivity index (χ3n) is 4.67. The molecule has 0 amide bonds. The van der Waals surface area contributed by atoms with Gasteiger partial charge in [-0.15, -0.1) is 0 Å². The van der Waals surface area contributed by atoms with Crippen molar-refractivity contribution >= 4 is 5.78 Å². The minimum absolute atomic E-state index is 0.152. The third kappa shape index (κ3) is 14.7. The van der Waals surface area contributed by atoms with Gasteiger partial charge in [0, 0.05) is 5.92 Å². The van der Waals surface area contributed by atoms with Crippen molar-refractivity contribution in [3.05, 3.63) is 46.6 Å². The maximum absolute atomic E-state index is 11.2. The summed E-state index contributed by atoms with van der Waals surface area (Å²) in [7, 11) is 0. The van der Waals surface area contributed by atoms with Crippen LogP contribution in [0.2, 0.25) is 0 Å². The zero-order chi connectivity index (χ0) is 19.2. The van der Waals surface area contributed by atoms with Gasteiger partial charge in [-0.1, -0.05) is 53.5 Å². The van der Waals surface area contributed by atoms with Crippen LogP contribution in [0.4, 0.5) is 0 Å². The lowest BCUT2D eigenvalue weighted by atomic mass is 10.0. The summed E-state index contributed by atoms with van der Waals surface area (Å²) in [5.41, 5.74) is 5.79. The van der Waals surface area contributed by atoms with Crippen LogP contribution in [-0.4, -0.2) is 5.78 Å². The fourth-order valence-electron chi connectivity index (χ4n) is 2.53. The summed E-state index contributed by atoms with van der Waals surface area (Å²) >= 11 is 0. The summed E-state index contributed by atoms with van der Waals surface area (Å²) in [6.45, 7) is 14.7. The number of carbonyl (C=O) groups is 1. The molecular formula is C24H40O. The van der Waals surface area contributed by atoms with E-state index in [0.717, 1.165) is 38.5 Å². The second-order valence-electron chi connectivity index (χ2n) is 7.80. The van der Waals surface area contributed by atoms with Crippen molar-refractivity contribution in [2.45, 2.75) is 93.4 Å². The van der Waals surface area contributed by atoms with Gasteiger partial charge in [-0.3, -0.25) is 4.79 Å². The zero-order valence-corrected chi connectivity index (χ0v) is 17.7. The fraction of sp³-hybridized carbons (Fsp3) is 0.625. The van der Waals surface area contributed by atoms with E-state index in [0.29, 0.717) is 0 Å². The van der Waals surface area contributed by atoms with Crippen molar-refractivity contribution in [1.82, 2.24) is 0 Å². The van der Waals surface area contributed by atoms with Gasteiger partial charge in [0.25, 0.3) is 0 Å². The fourth-order valence-corrected chi connectivity index (χ4v) is 2.53. The summed E-state index contributed by atoms with van der Waals surface area (Å²) < 4.78 is 0. The first-order valence-corrected chi connectivity index (χ1v) is 9.83. The second kappa shape index (κ2) is 13.9. The molecule has 0 fully saturated rings. The number of carbonyl (C=O) groups excluding carboxylic acids is 1. The Bertz CT molecular complexity index is 510. The van der Waals surface area contributed by atoms with E-state index in [2.05, 4.69) is 58.9 Å². The smallest absolute Gasteiger partial charge is 0.132 e. The SMILES string of the molecule is CC(=O)C(C)C/C=C(\C)CC/C=C(\C)CC/C=C(\C)CCC=C(C)C. The molecule has 0 saturated carbocycles. The van der Waals surface area contributed by atoms with Crippen molar-refractivity contribution < 1.29 is 4.79 Å². The van der Waals surface area contributed by atoms with Gasteiger partial charge in [-0.25, -0.2) is 0 Å². The lowest BCUT2D eigenvalue weighted by molar-refractivity contribution is -0.120. The highest BCUT2D eigenvalue weighted by atomic mass is 16.1. The highest BCUT2D eigenvalue weighted by Gasteiger charge is 2.04. The molecule has 0 spiro atoms. The van der Waals surface area contributed by atoms with Crippen molar-refractivity contribution in [1.29, 1.82) is 0 Å². The number of hydrogen-bond donors (Lipinski definition) is 0. The van der Waals surface area contributed by atoms with Crippen LogP contribution in [0.1, 0.15) is 93.4 Å². The van der Waals surface area contributed by atoms with Crippen molar-refractivity contribution in [3.8, 4) is 0 Å². The Balaban J connectivity index is 4.07. The van der Waals surface area contributed by atoms with Gasteiger partial charge in [0.15, 0.2) is 0 Å². The van der Waals surface area contributed by atoms with E-state index in [9.17, 15) is 4.79 Å². The topological polar surface area (TPSA) is 17.1 Å². The molecule has 1 atom stereocenters. The molecule has 142 valence electrons. The van der Waals surface area contributed by atoms with Crippen LogP contribution < -0.4 is 0 Å². The number of Topliss-reactive ketones (excluding diaryl/α,β-unsaturated/α-hetero) is 1. The molecule has 0 saturated heterocycles. The Labute approximate surface area is 157 Å². The Kier molecular flexibility index (Phi) is 13.1. The predicted octanol–water partition coefficient (Wildman–Crippen LogP) is 7.75. The van der Waals surface area contributed by atoms with Crippen LogP contribution in [0.25, 0.3) is 0 Å². The average molecular weight is 345 g/mol. The summed E-state index contributed by atoms with van der Waals surface area (Å²) in [5, 5.41) is 0. The lowest BCUT2D eigenvalue weighted by Crippen LogP contribution is -2.04. The molecule has 0 N–H and O–H groups in total. The van der Waals surface area contributed by atoms with Gasteiger partial charge in [-0.05, 0) is 86.5 Å². The highest BCUT2D eigenvalue weighted by molar-refractivity contribution is 5.77. The maximum atomic E-state index is 11.2. The van der Waals surface area contributed by atoms with Crippen LogP contribution >= 0.6 is 0 Å². The number of allylic oxidation sites excluding steroid dienone is 8. The number of ketones is 1. The summed E-state index contributed by atoms with van der Waals surface area (Å²) in [6.07, 6.45) is 17.0. The molecule has 0 aliphatic carbocycles. The molecule has 0 bridgehead atoms. The van der Waals surface area contributed by atoms with E-state index >= 15 is 0 Å². The summed E-state index contributed by atoms with van der Waals surface area (Å²) in [6, 6.07) is 0. The first kappa shape index (κ1) is 23.6. The number of rotatable bonds is 12. The number of hydrogen-bond acceptors (Lipinski definition) is 1. The van der Waals surface area contributed by atoms with Crippen LogP contribution in [-0.2, 0) is 4.79 Å². The minimum Gasteiger partial charge on any atom is -0.300 e. The quantitative estimate of drug-likeness (QED) is 0.331. The molecule has 0 rings (SSSR count). The van der Waals surface area contributed by atoms with E-state index in [1.54, 1.807) is 6.92 Å². The molecule has 1 unspecified atom stereocenters. The van der Waals surface area contributed by atoms with Crippen LogP contribution in [0.15, 0.2) is 46.6 Å². The van der Waals surface area contributed by atoms with Gasteiger partial charge in [-0.2, -0.15) is 0 Å². The Morgan fingerprint density at radius 3 is 1.48 bits per heavy atom. The first-order valence-electron chi connectivity index (χ1n) is 9.83. The van der Waals surface area contributed by atoms with E-state index in [1.807, 2.05) is 6.92 Å². The standard InChI is InChI=1S/C24H40O/c1-19(2)11-8-12-20(3)13-9-14-21(4)15-10-16-22(5)17-18-23(6)24(7)25/h11,13,15,17,23H,8-10,12,14,16,18H2,1-7H3/b20-13+,21-15+,22-17+. The third-order valence-corrected chi connectivity index (χ3v) is 4.67. The Hall–Kier alpha value is -1.37. The molecule has 0 aliphatic rings. The average Bonchev–Trinajstić information content (AvgIpc) is 2.52. The molecule has 0 radical (unpaired) electrons. The maximum Gasteiger partial charge on any atom is 0.132 e. The monoisotopic (exact) mass is 344 g/mol. The van der Waals surface area contributed by atoms with E-state index in [-0.39, 0.29) is 11.7 Å². The largest absolute Gasteiger partial charge is 0.300 e. The Morgan fingerprint density at radius 1 is 0.680 bits per heavy atom. The van der Waals surface area contributed by atoms with E-state index in [4.69, 9.17) is 0 Å². The molecule has 1 heteroatoms. The van der Waals surface area contributed by atoms with Crippen LogP contribution in [0.3, 0.4) is 0 Å². The molecule has 0 heterocycles. The molecule has 0 aromatic heterocycles. The van der Waals surface area contributed by atoms with Crippen molar-refractivity contribution in [3.63, 3.8) is 0 Å². The summed E-state index contributed by atoms with van der Waals surface area (Å²) in [4.78, 5) is 11.2. The van der Waals surface area contributed by atoms with Gasteiger partial charge in [0.05, 0.1) is 0 Å². The van der Waals surface area contributed by atoms with Crippen LogP contribution in [0.5, 0.6) is 0 Å². The normalized spacial score (nSPS) is 14.4. The molecule has 0 aliphatic heterocycles. The predicted molar refractivity (Wildman–Crippen MR) is 113 cm³/mol. The van der Waals surface area contributed by atoms with Crippen molar-refractivity contribution in [2.75, 3.05) is 0 Å². The summed E-state index contributed by atoms with van der Waals surface area (Å²) in [5.74, 6) is 0.433. The molecule has 25 heavy (non-hydrogen) atoms. The van der Waals surface area contributed by atoms with Crippen LogP contribution in [0, 0.1) is 5.92 Å². The van der Waals surface area contributed by atoms with Gasteiger partial charge in [0.1, 0.15) is 5.78 Å². The molecule has 0 aromatic rings. The lowest BCUT2D eigenvalue weighted by Gasteiger charge is -2.05. The zero-order valence-electron chi connectivity index (χ0n) is 17.7. The van der Waals surface area contributed by atoms with E-state index in [1.165, 1.54) is 28.7 Å². The van der Waals surface area contributed by atoms with Gasteiger partial charge >= 0.3 is 0 Å². The van der Waals surface area contributed by atoms with E-state index < -0.39 is 0 Å². The minimum atomic E-state index is 0.152. The highest BCUT2D eigenvalue weighted by Crippen LogP contribution is 2.14. The Morgan fingerprint density at radius 2 is 1.08 bits per heavy atom.